The lowest BCUT2D eigenvalue weighted by molar-refractivity contribution is 0.254. The van der Waals surface area contributed by atoms with Crippen LogP contribution in [0.2, 0.25) is 0 Å². The second-order valence-electron chi connectivity index (χ2n) is 14.6. The van der Waals surface area contributed by atoms with Gasteiger partial charge in [-0.3, -0.25) is 4.55 Å². The minimum absolute atomic E-state index is 0.111. The van der Waals surface area contributed by atoms with Crippen LogP contribution in [0.4, 0.5) is 0 Å². The van der Waals surface area contributed by atoms with E-state index < -0.39 is 10.1 Å². The lowest BCUT2D eigenvalue weighted by atomic mass is 10.1. The van der Waals surface area contributed by atoms with Crippen molar-refractivity contribution in [3.63, 3.8) is 0 Å². The Morgan fingerprint density at radius 3 is 1.00 bits per heavy atom. The van der Waals surface area contributed by atoms with Gasteiger partial charge in [0.05, 0.1) is 0 Å². The summed E-state index contributed by atoms with van der Waals surface area (Å²) in [5, 5.41) is 0. The van der Waals surface area contributed by atoms with Gasteiger partial charge in [0.1, 0.15) is 4.90 Å². The maximum atomic E-state index is 10.7. The van der Waals surface area contributed by atoms with Crippen LogP contribution < -0.4 is 0 Å². The minimum Gasteiger partial charge on any atom is -0.303 e. The molecule has 0 aliphatic heterocycles. The van der Waals surface area contributed by atoms with Crippen LogP contribution >= 0.6 is 0 Å². The van der Waals surface area contributed by atoms with Crippen LogP contribution in [0.1, 0.15) is 219 Å². The molecule has 0 heterocycles. The van der Waals surface area contributed by atoms with E-state index in [9.17, 15) is 8.42 Å². The second-order valence-corrected chi connectivity index (χ2v) is 16.0. The summed E-state index contributed by atoms with van der Waals surface area (Å²) in [6.45, 7) is 14.5. The Kier molecular flexibility index (Phi) is 35.7. The van der Waals surface area contributed by atoms with Crippen LogP contribution in [0.25, 0.3) is 6.08 Å². The molecule has 49 heavy (non-hydrogen) atoms. The van der Waals surface area contributed by atoms with Gasteiger partial charge in [0.15, 0.2) is 0 Å². The first-order valence-corrected chi connectivity index (χ1v) is 22.8. The van der Waals surface area contributed by atoms with Crippen molar-refractivity contribution in [2.24, 2.45) is 0 Å². The van der Waals surface area contributed by atoms with Crippen LogP contribution in [0, 0.1) is 0 Å². The molecule has 1 rings (SSSR count). The Bertz CT molecular complexity index is 875. The summed E-state index contributed by atoms with van der Waals surface area (Å²) in [4.78, 5) is 2.74. The molecule has 0 saturated carbocycles. The molecule has 1 aromatic rings. The van der Waals surface area contributed by atoms with Gasteiger partial charge in [-0.25, -0.2) is 0 Å². The topological polar surface area (TPSA) is 57.6 Å². The van der Waals surface area contributed by atoms with Gasteiger partial charge in [-0.2, -0.15) is 8.42 Å². The van der Waals surface area contributed by atoms with Gasteiger partial charge < -0.3 is 4.90 Å². The fourth-order valence-electron chi connectivity index (χ4n) is 6.69. The highest BCUT2D eigenvalue weighted by atomic mass is 32.2. The zero-order valence-corrected chi connectivity index (χ0v) is 33.9. The van der Waals surface area contributed by atoms with Crippen molar-refractivity contribution in [1.82, 2.24) is 4.90 Å². The maximum Gasteiger partial charge on any atom is 0.295 e. The number of hydrogen-bond donors (Lipinski definition) is 1. The van der Waals surface area contributed by atoms with E-state index in [-0.39, 0.29) is 4.90 Å². The van der Waals surface area contributed by atoms with E-state index in [1.54, 1.807) is 12.1 Å². The Morgan fingerprint density at radius 1 is 0.490 bits per heavy atom. The quantitative estimate of drug-likeness (QED) is 0.0564. The number of unbranched alkanes of at least 4 members (excludes halogenated alkanes) is 27. The number of nitrogens with zero attached hydrogens (tertiary/aromatic N) is 1. The van der Waals surface area contributed by atoms with E-state index in [2.05, 4.69) is 32.3 Å². The summed E-state index contributed by atoms with van der Waals surface area (Å²) in [6.07, 6.45) is 45.0. The van der Waals surface area contributed by atoms with E-state index >= 15 is 0 Å². The Labute approximate surface area is 307 Å². The Hall–Kier alpha value is -1.17. The average Bonchev–Trinajstić information content (AvgIpc) is 3.10. The van der Waals surface area contributed by atoms with Crippen LogP contribution in [0.5, 0.6) is 0 Å². The van der Waals surface area contributed by atoms with Crippen LogP contribution in [0.3, 0.4) is 0 Å². The fraction of sp³-hybridized carbons (Fsp3) is 0.818. The summed E-state index contributed by atoms with van der Waals surface area (Å²) in [5.41, 5.74) is 0.403. The van der Waals surface area contributed by atoms with Gasteiger partial charge in [-0.1, -0.05) is 225 Å². The fourth-order valence-corrected chi connectivity index (χ4v) is 7.39. The molecule has 0 unspecified atom stereocenters. The summed E-state index contributed by atoms with van der Waals surface area (Å²) >= 11 is 0. The lowest BCUT2D eigenvalue weighted by Gasteiger charge is -2.22. The van der Waals surface area contributed by atoms with Gasteiger partial charge in [-0.15, -0.1) is 0 Å². The molecule has 0 aliphatic carbocycles. The monoisotopic (exact) mass is 706 g/mol. The van der Waals surface area contributed by atoms with Crippen molar-refractivity contribution >= 4 is 16.2 Å². The predicted molar refractivity (Wildman–Crippen MR) is 218 cm³/mol. The highest BCUT2D eigenvalue weighted by Crippen LogP contribution is 2.16. The molecule has 288 valence electrons. The molecule has 0 aromatic heterocycles. The zero-order valence-electron chi connectivity index (χ0n) is 33.0. The van der Waals surface area contributed by atoms with Gasteiger partial charge in [0.25, 0.3) is 10.1 Å². The molecule has 0 spiro atoms. The number of hydrogen-bond acceptors (Lipinski definition) is 3. The Morgan fingerprint density at radius 2 is 0.755 bits per heavy atom. The molecule has 0 amide bonds. The van der Waals surface area contributed by atoms with Crippen molar-refractivity contribution in [2.75, 3.05) is 19.6 Å². The van der Waals surface area contributed by atoms with E-state index in [1.807, 2.05) is 0 Å². The standard InChI is InChI=1S/C36H75N.C8H8O3S/c1-4-7-10-13-16-19-22-25-28-31-34-37(35-32-29-26-23-20-17-14-11-8-5-2)36-33-30-27-24-21-18-15-12-9-6-3;1-2-7-5-3-4-6-8(7)12(9,10)11/h4-36H2,1-3H3;2-6H,1H2,(H,9,10,11). The molecular formula is C44H83NO3S. The zero-order chi connectivity index (χ0) is 36.1. The molecule has 4 nitrogen and oxygen atoms in total. The average molecular weight is 706 g/mol. The molecule has 0 bridgehead atoms. The smallest absolute Gasteiger partial charge is 0.295 e. The molecule has 0 fully saturated rings. The molecule has 0 saturated heterocycles. The highest BCUT2D eigenvalue weighted by molar-refractivity contribution is 7.85. The van der Waals surface area contributed by atoms with Crippen molar-refractivity contribution in [3.05, 3.63) is 36.4 Å². The van der Waals surface area contributed by atoms with E-state index in [0.717, 1.165) is 0 Å². The van der Waals surface area contributed by atoms with Gasteiger partial charge in [0.2, 0.25) is 0 Å². The van der Waals surface area contributed by atoms with Crippen LogP contribution in [-0.4, -0.2) is 37.5 Å². The summed E-state index contributed by atoms with van der Waals surface area (Å²) in [7, 11) is -4.12. The predicted octanol–water partition coefficient (Wildman–Crippen LogP) is 14.6. The van der Waals surface area contributed by atoms with Gasteiger partial charge >= 0.3 is 0 Å². The highest BCUT2D eigenvalue weighted by Gasteiger charge is 2.11. The Balaban J connectivity index is 0.00000160. The molecule has 0 atom stereocenters. The van der Waals surface area contributed by atoms with E-state index in [1.165, 1.54) is 230 Å². The third-order valence-electron chi connectivity index (χ3n) is 9.90. The third-order valence-corrected chi connectivity index (χ3v) is 10.8. The normalized spacial score (nSPS) is 11.5. The van der Waals surface area contributed by atoms with Gasteiger partial charge in [-0.05, 0) is 50.5 Å². The molecule has 0 aliphatic rings. The van der Waals surface area contributed by atoms with Crippen molar-refractivity contribution in [1.29, 1.82) is 0 Å². The van der Waals surface area contributed by atoms with Crippen LogP contribution in [-0.2, 0) is 10.1 Å². The number of rotatable bonds is 35. The van der Waals surface area contributed by atoms with Crippen molar-refractivity contribution in [3.8, 4) is 0 Å². The SMILES string of the molecule is C=Cc1ccccc1S(=O)(=O)O.CCCCCCCCCCCCN(CCCCCCCCCCCC)CCCCCCCCCCCC. The summed E-state index contributed by atoms with van der Waals surface area (Å²) < 4.78 is 30.2. The van der Waals surface area contributed by atoms with E-state index in [0.29, 0.717) is 5.56 Å². The first kappa shape index (κ1) is 47.8. The van der Waals surface area contributed by atoms with Crippen molar-refractivity contribution in [2.45, 2.75) is 218 Å². The first-order valence-electron chi connectivity index (χ1n) is 21.3. The lowest BCUT2D eigenvalue weighted by Crippen LogP contribution is -2.27. The molecule has 1 aromatic carbocycles. The third kappa shape index (κ3) is 32.5. The maximum absolute atomic E-state index is 10.7. The molecule has 0 radical (unpaired) electrons. The van der Waals surface area contributed by atoms with Crippen molar-refractivity contribution < 1.29 is 13.0 Å². The van der Waals surface area contributed by atoms with E-state index in [4.69, 9.17) is 4.55 Å². The summed E-state index contributed by atoms with van der Waals surface area (Å²) in [6, 6.07) is 6.10. The molecular weight excluding hydrogens is 623 g/mol. The minimum atomic E-state index is -4.12. The molecule has 1 N–H and O–H groups in total. The molecule has 5 heteroatoms. The van der Waals surface area contributed by atoms with Gasteiger partial charge in [0, 0.05) is 0 Å². The summed E-state index contributed by atoms with van der Waals surface area (Å²) in [5.74, 6) is 0. The largest absolute Gasteiger partial charge is 0.303 e. The number of benzene rings is 1. The second kappa shape index (κ2) is 36.6. The van der Waals surface area contributed by atoms with Crippen LogP contribution in [0.15, 0.2) is 35.7 Å². The first-order chi connectivity index (χ1) is 23.9.